The minimum atomic E-state index is -0.958. The molecule has 5 atom stereocenters. The smallest absolute Gasteiger partial charge is 0.394 e. The van der Waals surface area contributed by atoms with Crippen LogP contribution in [0.4, 0.5) is 0 Å². The molecule has 11 heteroatoms. The molecule has 2 amide bonds. The van der Waals surface area contributed by atoms with Crippen molar-refractivity contribution in [2.75, 3.05) is 6.54 Å². The Morgan fingerprint density at radius 2 is 1.86 bits per heavy atom. The van der Waals surface area contributed by atoms with Gasteiger partial charge in [-0.25, -0.2) is 4.98 Å². The van der Waals surface area contributed by atoms with Crippen LogP contribution in [0.1, 0.15) is 82.8 Å². The van der Waals surface area contributed by atoms with Gasteiger partial charge < -0.3 is 18.9 Å². The van der Waals surface area contributed by atoms with Crippen molar-refractivity contribution in [1.29, 1.82) is 0 Å². The van der Waals surface area contributed by atoms with Crippen molar-refractivity contribution < 1.29 is 28.4 Å². The SMILES string of the molecule is CC(C)(C)c1csc(C[C@H]2CCCCC/C=C\[C@@H]3C[C@@]3(C(=O)NOc3ccccc3)CC(=O)[C@@H]3C[C@@H](Oc4nc5ccccc5o4)CN3C2=O)n1. The van der Waals surface area contributed by atoms with Gasteiger partial charge in [-0.2, -0.15) is 10.5 Å². The fourth-order valence-electron chi connectivity index (χ4n) is 7.33. The highest BCUT2D eigenvalue weighted by molar-refractivity contribution is 7.09. The number of benzene rings is 2. The van der Waals surface area contributed by atoms with Crippen molar-refractivity contribution in [2.45, 2.75) is 96.1 Å². The summed E-state index contributed by atoms with van der Waals surface area (Å²) in [7, 11) is 0. The molecule has 4 aromatic rings. The van der Waals surface area contributed by atoms with Gasteiger partial charge in [0.1, 0.15) is 11.6 Å². The van der Waals surface area contributed by atoms with Gasteiger partial charge >= 0.3 is 6.08 Å². The van der Waals surface area contributed by atoms with Crippen LogP contribution in [0.5, 0.6) is 11.8 Å². The van der Waals surface area contributed by atoms with Crippen LogP contribution in [0.2, 0.25) is 0 Å². The van der Waals surface area contributed by atoms with Crippen molar-refractivity contribution in [3.63, 3.8) is 0 Å². The number of hydrogen-bond donors (Lipinski definition) is 1. The highest BCUT2D eigenvalue weighted by Crippen LogP contribution is 2.57. The molecular weight excluding hydrogens is 665 g/mol. The van der Waals surface area contributed by atoms with E-state index in [0.29, 0.717) is 36.1 Å². The molecule has 2 fully saturated rings. The van der Waals surface area contributed by atoms with Gasteiger partial charge in [-0.05, 0) is 55.9 Å². The van der Waals surface area contributed by atoms with E-state index in [1.807, 2.05) is 42.5 Å². The Morgan fingerprint density at radius 1 is 1.06 bits per heavy atom. The van der Waals surface area contributed by atoms with Gasteiger partial charge in [0.15, 0.2) is 17.1 Å². The van der Waals surface area contributed by atoms with E-state index in [2.05, 4.69) is 48.8 Å². The molecule has 7 rings (SSSR count). The molecule has 1 aliphatic carbocycles. The number of hydrogen-bond acceptors (Lipinski definition) is 9. The van der Waals surface area contributed by atoms with E-state index in [-0.39, 0.29) is 60.3 Å². The largest absolute Gasteiger partial charge is 0.445 e. The number of rotatable bonds is 7. The molecule has 0 bridgehead atoms. The second kappa shape index (κ2) is 14.6. The molecule has 0 radical (unpaired) electrons. The first-order valence-corrected chi connectivity index (χ1v) is 19.0. The Balaban J connectivity index is 1.16. The Kier molecular flexibility index (Phi) is 10.0. The summed E-state index contributed by atoms with van der Waals surface area (Å²) in [4.78, 5) is 59.7. The van der Waals surface area contributed by atoms with Crippen LogP contribution in [0.25, 0.3) is 11.1 Å². The molecule has 1 saturated carbocycles. The lowest BCUT2D eigenvalue weighted by Crippen LogP contribution is -2.46. The first kappa shape index (κ1) is 34.9. The quantitative estimate of drug-likeness (QED) is 0.156. The number of thiazole rings is 1. The third-order valence-corrected chi connectivity index (χ3v) is 11.3. The van der Waals surface area contributed by atoms with E-state index in [4.69, 9.17) is 19.0 Å². The summed E-state index contributed by atoms with van der Waals surface area (Å²) in [6, 6.07) is 15.7. The highest BCUT2D eigenvalue weighted by atomic mass is 32.1. The molecule has 10 nitrogen and oxygen atoms in total. The summed E-state index contributed by atoms with van der Waals surface area (Å²) >= 11 is 1.59. The predicted octanol–water partition coefficient (Wildman–Crippen LogP) is 7.39. The second-order valence-electron chi connectivity index (χ2n) is 15.2. The average Bonchev–Trinajstić information content (AvgIpc) is 3.49. The Morgan fingerprint density at radius 3 is 2.65 bits per heavy atom. The first-order valence-electron chi connectivity index (χ1n) is 18.1. The molecule has 0 spiro atoms. The molecular formula is C40H46N4O6S. The van der Waals surface area contributed by atoms with Crippen LogP contribution < -0.4 is 15.1 Å². The number of para-hydroxylation sites is 3. The molecule has 3 aliphatic rings. The van der Waals surface area contributed by atoms with Crippen LogP contribution in [0, 0.1) is 17.3 Å². The highest BCUT2D eigenvalue weighted by Gasteiger charge is 2.61. The number of allylic oxidation sites excluding steroid dienone is 2. The summed E-state index contributed by atoms with van der Waals surface area (Å²) in [6.07, 6.45) is 9.58. The van der Waals surface area contributed by atoms with Crippen LogP contribution in [0.3, 0.4) is 0 Å². The Labute approximate surface area is 302 Å². The zero-order valence-electron chi connectivity index (χ0n) is 29.5. The number of aromatic nitrogens is 2. The molecule has 268 valence electrons. The zero-order chi connectivity index (χ0) is 35.6. The topological polar surface area (TPSA) is 124 Å². The van der Waals surface area contributed by atoms with Crippen LogP contribution >= 0.6 is 11.3 Å². The van der Waals surface area contributed by atoms with Crippen molar-refractivity contribution in [1.82, 2.24) is 20.3 Å². The van der Waals surface area contributed by atoms with Gasteiger partial charge in [-0.3, -0.25) is 14.4 Å². The van der Waals surface area contributed by atoms with E-state index in [9.17, 15) is 14.4 Å². The minimum absolute atomic E-state index is 0.0118. The van der Waals surface area contributed by atoms with Crippen molar-refractivity contribution in [3.8, 4) is 11.8 Å². The number of Topliss-reactive ketones (excluding diaryl/α,β-unsaturated/α-hetero) is 1. The number of fused-ring (bicyclic) bond motifs is 3. The van der Waals surface area contributed by atoms with Gasteiger partial charge in [-0.1, -0.05) is 76.1 Å². The van der Waals surface area contributed by atoms with E-state index < -0.39 is 17.6 Å². The fourth-order valence-corrected chi connectivity index (χ4v) is 8.43. The number of oxazole rings is 1. The van der Waals surface area contributed by atoms with E-state index in [1.165, 1.54) is 0 Å². The predicted molar refractivity (Wildman–Crippen MR) is 194 cm³/mol. The van der Waals surface area contributed by atoms with Gasteiger partial charge in [0, 0.05) is 36.0 Å². The summed E-state index contributed by atoms with van der Waals surface area (Å²) in [5.74, 6) is -0.492. The standard InChI is InChI=1S/C40H46N4O6S/c1-39(2,3)34-25-51-35(42-34)20-26-14-8-5-4-6-9-15-27-22-40(27,37(47)43-50-28-16-10-7-11-17-28)23-32(45)31-21-29(24-44(31)36(26)46)48-38-41-30-18-12-13-19-33(30)49-38/h7,9-13,15-19,25-27,29,31H,4-6,8,14,20-24H2,1-3H3,(H,43,47)/b15-9-/t26-,27-,29-,31+,40-/m1/s1. The summed E-state index contributed by atoms with van der Waals surface area (Å²) in [5.41, 5.74) is 3.86. The molecule has 51 heavy (non-hydrogen) atoms. The normalized spacial score (nSPS) is 26.5. The third kappa shape index (κ3) is 7.88. The van der Waals surface area contributed by atoms with Gasteiger partial charge in [-0.15, -0.1) is 11.3 Å². The summed E-state index contributed by atoms with van der Waals surface area (Å²) in [6.45, 7) is 6.63. The number of hydroxylamine groups is 1. The van der Waals surface area contributed by atoms with Gasteiger partial charge in [0.05, 0.1) is 28.7 Å². The lowest BCUT2D eigenvalue weighted by Gasteiger charge is -2.29. The summed E-state index contributed by atoms with van der Waals surface area (Å²) in [5, 5.41) is 3.01. The fraction of sp³-hybridized carbons (Fsp3) is 0.475. The molecule has 2 aromatic carbocycles. The average molecular weight is 711 g/mol. The molecule has 4 heterocycles. The van der Waals surface area contributed by atoms with Crippen molar-refractivity contribution in [3.05, 3.63) is 82.8 Å². The third-order valence-electron chi connectivity index (χ3n) is 10.4. The monoisotopic (exact) mass is 710 g/mol. The lowest BCUT2D eigenvalue weighted by molar-refractivity contribution is -0.143. The second-order valence-corrected chi connectivity index (χ2v) is 16.2. The van der Waals surface area contributed by atoms with Crippen molar-refractivity contribution in [2.24, 2.45) is 17.3 Å². The van der Waals surface area contributed by atoms with Crippen LogP contribution in [0.15, 0.2) is 76.5 Å². The number of carbonyl (C=O) groups is 3. The van der Waals surface area contributed by atoms with E-state index >= 15 is 0 Å². The lowest BCUT2D eigenvalue weighted by atomic mass is 9.90. The van der Waals surface area contributed by atoms with E-state index in [0.717, 1.165) is 36.4 Å². The van der Waals surface area contributed by atoms with Crippen molar-refractivity contribution >= 4 is 40.0 Å². The van der Waals surface area contributed by atoms with Gasteiger partial charge in [0.2, 0.25) is 5.91 Å². The number of ketones is 1. The Bertz CT molecular complexity index is 1860. The van der Waals surface area contributed by atoms with Crippen LogP contribution in [-0.4, -0.2) is 51.2 Å². The van der Waals surface area contributed by atoms with Gasteiger partial charge in [0.25, 0.3) is 5.91 Å². The molecule has 1 N–H and O–H groups in total. The van der Waals surface area contributed by atoms with Crippen LogP contribution in [-0.2, 0) is 26.2 Å². The Hall–Kier alpha value is -4.51. The zero-order valence-corrected chi connectivity index (χ0v) is 30.3. The maximum atomic E-state index is 14.7. The molecule has 2 aromatic heterocycles. The maximum absolute atomic E-state index is 14.7. The summed E-state index contributed by atoms with van der Waals surface area (Å²) < 4.78 is 12.1. The van der Waals surface area contributed by atoms with E-state index in [1.54, 1.807) is 28.4 Å². The number of ether oxygens (including phenoxy) is 1. The molecule has 0 unspecified atom stereocenters. The number of nitrogens with one attached hydrogen (secondary N) is 1. The number of carbonyl (C=O) groups excluding carboxylic acids is 3. The first-order chi connectivity index (χ1) is 24.6. The molecule has 2 aliphatic heterocycles. The minimum Gasteiger partial charge on any atom is -0.445 e. The number of amides is 2. The maximum Gasteiger partial charge on any atom is 0.394 e. The number of nitrogens with zero attached hydrogens (tertiary/aromatic N) is 3. The molecule has 1 saturated heterocycles.